The summed E-state index contributed by atoms with van der Waals surface area (Å²) in [5.41, 5.74) is 0.731. The predicted molar refractivity (Wildman–Crippen MR) is 75.1 cm³/mol. The average molecular weight is 293 g/mol. The second-order valence-electron chi connectivity index (χ2n) is 4.03. The Balaban J connectivity index is 2.29. The molecule has 1 unspecified atom stereocenters. The summed E-state index contributed by atoms with van der Waals surface area (Å²) in [4.78, 5) is 0. The average Bonchev–Trinajstić information content (AvgIpc) is 2.47. The van der Waals surface area contributed by atoms with Gasteiger partial charge >= 0.3 is 0 Å². The molecule has 2 rings (SSSR count). The van der Waals surface area contributed by atoms with E-state index in [2.05, 4.69) is 0 Å². The monoisotopic (exact) mass is 293 g/mol. The van der Waals surface area contributed by atoms with Gasteiger partial charge in [0.1, 0.15) is 22.3 Å². The molecule has 0 aliphatic heterocycles. The van der Waals surface area contributed by atoms with Crippen molar-refractivity contribution in [3.63, 3.8) is 0 Å². The number of hydrogen-bond donors (Lipinski definition) is 0. The maximum atomic E-state index is 12.3. The Labute approximate surface area is 119 Å². The molecule has 1 atom stereocenters. The number of aromatic nitrogens is 1. The van der Waals surface area contributed by atoms with Crippen molar-refractivity contribution >= 4 is 10.8 Å². The minimum atomic E-state index is -1.45. The van der Waals surface area contributed by atoms with Crippen LogP contribution in [0.3, 0.4) is 0 Å². The first-order valence-corrected chi connectivity index (χ1v) is 7.25. The van der Waals surface area contributed by atoms with Gasteiger partial charge in [0.15, 0.2) is 6.20 Å². The number of rotatable bonds is 5. The van der Waals surface area contributed by atoms with Crippen LogP contribution in [0.4, 0.5) is 0 Å². The minimum Gasteiger partial charge on any atom is -0.618 e. The molecule has 0 N–H and O–H groups in total. The molecule has 1 heterocycles. The number of benzene rings is 1. The first-order valence-electron chi connectivity index (χ1n) is 5.93. The maximum Gasteiger partial charge on any atom is 0.281 e. The zero-order valence-corrected chi connectivity index (χ0v) is 12.1. The lowest BCUT2D eigenvalue weighted by atomic mass is 10.2. The predicted octanol–water partition coefficient (Wildman–Crippen LogP) is 1.65. The van der Waals surface area contributed by atoms with Crippen LogP contribution in [0.2, 0.25) is 0 Å². The van der Waals surface area contributed by atoms with E-state index in [1.807, 2.05) is 0 Å². The Morgan fingerprint density at radius 1 is 1.20 bits per heavy atom. The fourth-order valence-electron chi connectivity index (χ4n) is 1.80. The highest BCUT2D eigenvalue weighted by atomic mass is 32.2. The van der Waals surface area contributed by atoms with Crippen molar-refractivity contribution in [1.82, 2.24) is 0 Å². The Morgan fingerprint density at radius 2 is 2.00 bits per heavy atom. The zero-order valence-electron chi connectivity index (χ0n) is 11.2. The van der Waals surface area contributed by atoms with E-state index in [1.165, 1.54) is 6.20 Å². The molecule has 0 fully saturated rings. The third-order valence-electron chi connectivity index (χ3n) is 2.80. The molecule has 2 aromatic rings. The van der Waals surface area contributed by atoms with Crippen molar-refractivity contribution in [2.45, 2.75) is 10.8 Å². The van der Waals surface area contributed by atoms with Gasteiger partial charge in [-0.05, 0) is 24.3 Å². The summed E-state index contributed by atoms with van der Waals surface area (Å²) in [6.45, 7) is 0. The lowest BCUT2D eigenvalue weighted by molar-refractivity contribution is -0.646. The molecule has 0 radical (unpaired) electrons. The van der Waals surface area contributed by atoms with Gasteiger partial charge in [0.25, 0.3) is 5.03 Å². The first-order chi connectivity index (χ1) is 9.65. The molecule has 6 heteroatoms. The van der Waals surface area contributed by atoms with Crippen LogP contribution in [0.25, 0.3) is 0 Å². The van der Waals surface area contributed by atoms with E-state index in [-0.39, 0.29) is 10.8 Å². The Bertz CT molecular complexity index is 630. The Hall–Kier alpha value is -2.08. The van der Waals surface area contributed by atoms with E-state index in [9.17, 15) is 9.42 Å². The molecule has 1 aromatic heterocycles. The van der Waals surface area contributed by atoms with Gasteiger partial charge in [0, 0.05) is 17.7 Å². The van der Waals surface area contributed by atoms with Crippen LogP contribution in [-0.4, -0.2) is 18.4 Å². The summed E-state index contributed by atoms with van der Waals surface area (Å²) < 4.78 is 23.3. The quantitative estimate of drug-likeness (QED) is 0.621. The van der Waals surface area contributed by atoms with Crippen LogP contribution in [0.1, 0.15) is 5.56 Å². The van der Waals surface area contributed by atoms with E-state index in [1.54, 1.807) is 50.6 Å². The van der Waals surface area contributed by atoms with Gasteiger partial charge in [-0.1, -0.05) is 0 Å². The van der Waals surface area contributed by atoms with Crippen molar-refractivity contribution in [2.75, 3.05) is 14.2 Å². The number of ether oxygens (including phenoxy) is 2. The number of hydrogen-bond acceptors (Lipinski definition) is 4. The minimum absolute atomic E-state index is 0.187. The zero-order chi connectivity index (χ0) is 14.5. The Morgan fingerprint density at radius 3 is 2.65 bits per heavy atom. The summed E-state index contributed by atoms with van der Waals surface area (Å²) >= 11 is 0. The lowest BCUT2D eigenvalue weighted by Crippen LogP contribution is -2.31. The summed E-state index contributed by atoms with van der Waals surface area (Å²) in [5, 5.41) is 11.8. The molecule has 0 amide bonds. The van der Waals surface area contributed by atoms with Gasteiger partial charge in [0.2, 0.25) is 0 Å². The number of nitrogens with zero attached hydrogens (tertiary/aromatic N) is 1. The van der Waals surface area contributed by atoms with Crippen molar-refractivity contribution in [1.29, 1.82) is 0 Å². The molecular formula is C14H15NO4S. The van der Waals surface area contributed by atoms with Gasteiger partial charge in [-0.25, -0.2) is 4.21 Å². The van der Waals surface area contributed by atoms with E-state index >= 15 is 0 Å². The highest BCUT2D eigenvalue weighted by Crippen LogP contribution is 2.26. The number of methoxy groups -OCH3 is 2. The molecule has 0 aliphatic rings. The highest BCUT2D eigenvalue weighted by Gasteiger charge is 2.16. The number of pyridine rings is 1. The third-order valence-corrected chi connectivity index (χ3v) is 4.15. The fraction of sp³-hybridized carbons (Fsp3) is 0.214. The van der Waals surface area contributed by atoms with Crippen LogP contribution in [-0.2, 0) is 16.6 Å². The first kappa shape index (κ1) is 14.3. The smallest absolute Gasteiger partial charge is 0.281 e. The van der Waals surface area contributed by atoms with Crippen LogP contribution in [0.15, 0.2) is 47.6 Å². The van der Waals surface area contributed by atoms with E-state index < -0.39 is 10.8 Å². The fourth-order valence-corrected chi connectivity index (χ4v) is 2.95. The van der Waals surface area contributed by atoms with Gasteiger partial charge < -0.3 is 14.7 Å². The molecule has 0 bridgehead atoms. The van der Waals surface area contributed by atoms with Gasteiger partial charge in [-0.2, -0.15) is 4.73 Å². The van der Waals surface area contributed by atoms with E-state index in [0.717, 1.165) is 5.56 Å². The summed E-state index contributed by atoms with van der Waals surface area (Å²) in [6.07, 6.45) is 1.33. The normalized spacial score (nSPS) is 11.9. The second-order valence-corrected chi connectivity index (χ2v) is 5.43. The SMILES string of the molecule is COc1ccc(OC)c(CS(=O)c2cccc[n+]2[O-])c1. The standard InChI is InChI=1S/C14H15NO4S/c1-18-12-6-7-13(19-2)11(9-12)10-20(17)14-5-3-4-8-15(14)16/h3-9H,10H2,1-2H3. The molecule has 1 aromatic carbocycles. The summed E-state index contributed by atoms with van der Waals surface area (Å²) in [7, 11) is 1.65. The van der Waals surface area contributed by atoms with Crippen LogP contribution >= 0.6 is 0 Å². The molecule has 0 saturated heterocycles. The molecule has 20 heavy (non-hydrogen) atoms. The van der Waals surface area contributed by atoms with Gasteiger partial charge in [-0.15, -0.1) is 0 Å². The van der Waals surface area contributed by atoms with Crippen LogP contribution in [0, 0.1) is 5.21 Å². The van der Waals surface area contributed by atoms with Crippen LogP contribution in [0.5, 0.6) is 11.5 Å². The molecule has 106 valence electrons. The maximum absolute atomic E-state index is 12.3. The Kier molecular flexibility index (Phi) is 4.57. The molecule has 0 saturated carbocycles. The molecule has 0 spiro atoms. The molecule has 0 aliphatic carbocycles. The topological polar surface area (TPSA) is 62.5 Å². The van der Waals surface area contributed by atoms with Crippen molar-refractivity contribution < 1.29 is 18.4 Å². The van der Waals surface area contributed by atoms with Crippen molar-refractivity contribution in [3.8, 4) is 11.5 Å². The van der Waals surface area contributed by atoms with E-state index in [0.29, 0.717) is 16.2 Å². The van der Waals surface area contributed by atoms with Crippen molar-refractivity contribution in [2.24, 2.45) is 0 Å². The lowest BCUT2D eigenvalue weighted by Gasteiger charge is -2.10. The second kappa shape index (κ2) is 6.38. The van der Waals surface area contributed by atoms with Crippen molar-refractivity contribution in [3.05, 3.63) is 53.4 Å². The molecular weight excluding hydrogens is 278 g/mol. The molecule has 5 nitrogen and oxygen atoms in total. The summed E-state index contributed by atoms with van der Waals surface area (Å²) in [5.74, 6) is 1.46. The van der Waals surface area contributed by atoms with Gasteiger partial charge in [-0.3, -0.25) is 0 Å². The third kappa shape index (κ3) is 3.08. The summed E-state index contributed by atoms with van der Waals surface area (Å²) in [6, 6.07) is 10.1. The van der Waals surface area contributed by atoms with Gasteiger partial charge in [0.05, 0.1) is 20.0 Å². The largest absolute Gasteiger partial charge is 0.618 e. The van der Waals surface area contributed by atoms with E-state index in [4.69, 9.17) is 9.47 Å². The van der Waals surface area contributed by atoms with Crippen LogP contribution < -0.4 is 14.2 Å². The highest BCUT2D eigenvalue weighted by molar-refractivity contribution is 7.84.